The van der Waals surface area contributed by atoms with Gasteiger partial charge in [-0.25, -0.2) is 9.97 Å². The fourth-order valence-corrected chi connectivity index (χ4v) is 0.654. The predicted octanol–water partition coefficient (Wildman–Crippen LogP) is 0.946. The highest BCUT2D eigenvalue weighted by Gasteiger charge is 1.92. The second-order valence-corrected chi connectivity index (χ2v) is 2.07. The third kappa shape index (κ3) is 2.06. The van der Waals surface area contributed by atoms with E-state index in [9.17, 15) is 0 Å². The molecule has 0 atom stereocenters. The maximum atomic E-state index is 8.42. The van der Waals surface area contributed by atoms with Crippen molar-refractivity contribution in [1.82, 2.24) is 9.97 Å². The number of hydrogen-bond donors (Lipinski definition) is 1. The molecule has 4 heteroatoms. The molecule has 0 bridgehead atoms. The number of aromatic nitrogens is 2. The molecule has 0 aliphatic carbocycles. The third-order valence-electron chi connectivity index (χ3n) is 1.19. The summed E-state index contributed by atoms with van der Waals surface area (Å²) in [6.07, 6.45) is 4.66. The number of hydrogen-bond acceptors (Lipinski definition) is 4. The summed E-state index contributed by atoms with van der Waals surface area (Å²) in [4.78, 5) is 7.77. The summed E-state index contributed by atoms with van der Waals surface area (Å²) >= 11 is 0. The monoisotopic (exact) mass is 160 g/mol. The van der Waals surface area contributed by atoms with Crippen LogP contribution in [0.1, 0.15) is 5.69 Å². The van der Waals surface area contributed by atoms with Crippen LogP contribution in [0.15, 0.2) is 25.0 Å². The summed E-state index contributed by atoms with van der Waals surface area (Å²) in [6.45, 7) is 4.19. The number of nitrogens with one attached hydrogen (secondary N) is 1. The first-order chi connectivity index (χ1) is 5.86. The van der Waals surface area contributed by atoms with Gasteiger partial charge in [-0.3, -0.25) is 0 Å². The highest BCUT2D eigenvalue weighted by Crippen LogP contribution is 1.98. The lowest BCUT2D eigenvalue weighted by Gasteiger charge is -1.99. The Balaban J connectivity index is 2.66. The van der Waals surface area contributed by atoms with Gasteiger partial charge < -0.3 is 5.32 Å². The molecule has 0 radical (unpaired) electrons. The molecule has 0 aromatic carbocycles. The lowest BCUT2D eigenvalue weighted by molar-refractivity contribution is 1.13. The van der Waals surface area contributed by atoms with Crippen molar-refractivity contribution in [2.75, 3.05) is 11.9 Å². The van der Waals surface area contributed by atoms with E-state index in [4.69, 9.17) is 5.26 Å². The van der Waals surface area contributed by atoms with Crippen molar-refractivity contribution in [1.29, 1.82) is 5.26 Å². The fourth-order valence-electron chi connectivity index (χ4n) is 0.654. The van der Waals surface area contributed by atoms with E-state index in [1.165, 1.54) is 12.4 Å². The zero-order valence-corrected chi connectivity index (χ0v) is 6.49. The number of rotatable bonds is 3. The first-order valence-electron chi connectivity index (χ1n) is 3.43. The third-order valence-corrected chi connectivity index (χ3v) is 1.19. The van der Waals surface area contributed by atoms with Crippen molar-refractivity contribution in [2.45, 2.75) is 0 Å². The van der Waals surface area contributed by atoms with Crippen LogP contribution < -0.4 is 5.32 Å². The van der Waals surface area contributed by atoms with Crippen LogP contribution in [0, 0.1) is 11.3 Å². The Morgan fingerprint density at radius 1 is 1.58 bits per heavy atom. The van der Waals surface area contributed by atoms with E-state index in [1.807, 2.05) is 6.07 Å². The summed E-state index contributed by atoms with van der Waals surface area (Å²) in [5.41, 5.74) is 0.319. The molecule has 0 fully saturated rings. The van der Waals surface area contributed by atoms with Gasteiger partial charge in [0.1, 0.15) is 11.9 Å². The molecule has 60 valence electrons. The van der Waals surface area contributed by atoms with E-state index < -0.39 is 0 Å². The van der Waals surface area contributed by atoms with Crippen molar-refractivity contribution in [3.63, 3.8) is 0 Å². The van der Waals surface area contributed by atoms with Crippen LogP contribution in [0.4, 0.5) is 5.82 Å². The van der Waals surface area contributed by atoms with Gasteiger partial charge in [0.05, 0.1) is 12.4 Å². The zero-order valence-electron chi connectivity index (χ0n) is 6.49. The van der Waals surface area contributed by atoms with Crippen molar-refractivity contribution in [2.24, 2.45) is 0 Å². The second-order valence-electron chi connectivity index (χ2n) is 2.07. The van der Waals surface area contributed by atoms with Gasteiger partial charge in [-0.05, 0) is 0 Å². The van der Waals surface area contributed by atoms with Gasteiger partial charge in [-0.2, -0.15) is 5.26 Å². The van der Waals surface area contributed by atoms with Gasteiger partial charge in [-0.1, -0.05) is 6.08 Å². The predicted molar refractivity (Wildman–Crippen MR) is 45.4 cm³/mol. The van der Waals surface area contributed by atoms with E-state index >= 15 is 0 Å². The molecule has 0 spiro atoms. The van der Waals surface area contributed by atoms with E-state index in [2.05, 4.69) is 21.9 Å². The average molecular weight is 160 g/mol. The molecule has 0 saturated heterocycles. The molecule has 1 rings (SSSR count). The summed E-state index contributed by atoms with van der Waals surface area (Å²) in [5.74, 6) is 0.647. The largest absolute Gasteiger partial charge is 0.365 e. The number of anilines is 1. The molecule has 4 nitrogen and oxygen atoms in total. The highest BCUT2D eigenvalue weighted by molar-refractivity contribution is 5.33. The molecule has 1 aromatic rings. The van der Waals surface area contributed by atoms with Crippen molar-refractivity contribution >= 4 is 5.82 Å². The van der Waals surface area contributed by atoms with Gasteiger partial charge in [0.2, 0.25) is 0 Å². The Morgan fingerprint density at radius 2 is 2.42 bits per heavy atom. The first-order valence-corrected chi connectivity index (χ1v) is 3.43. The molecule has 0 amide bonds. The molecule has 0 saturated carbocycles. The smallest absolute Gasteiger partial charge is 0.158 e. The minimum atomic E-state index is 0.319. The van der Waals surface area contributed by atoms with Crippen LogP contribution in [0.25, 0.3) is 0 Å². The zero-order chi connectivity index (χ0) is 8.81. The van der Waals surface area contributed by atoms with E-state index in [0.29, 0.717) is 18.1 Å². The Hall–Kier alpha value is -1.89. The van der Waals surface area contributed by atoms with Crippen LogP contribution in [-0.2, 0) is 0 Å². The van der Waals surface area contributed by atoms with Crippen LogP contribution >= 0.6 is 0 Å². The Morgan fingerprint density at radius 3 is 2.92 bits per heavy atom. The molecule has 0 unspecified atom stereocenters. The van der Waals surface area contributed by atoms with Crippen LogP contribution in [0.5, 0.6) is 0 Å². The van der Waals surface area contributed by atoms with Gasteiger partial charge in [0.15, 0.2) is 5.69 Å². The second kappa shape index (κ2) is 4.09. The average Bonchev–Trinajstić information content (AvgIpc) is 2.15. The molecule has 0 aliphatic rings. The summed E-state index contributed by atoms with van der Waals surface area (Å²) in [5, 5.41) is 11.4. The normalized spacial score (nSPS) is 8.58. The Kier molecular flexibility index (Phi) is 2.79. The van der Waals surface area contributed by atoms with Crippen LogP contribution in [-0.4, -0.2) is 16.5 Å². The first kappa shape index (κ1) is 8.21. The molecule has 1 aromatic heterocycles. The minimum absolute atomic E-state index is 0.319. The summed E-state index contributed by atoms with van der Waals surface area (Å²) in [7, 11) is 0. The molecule has 12 heavy (non-hydrogen) atoms. The molecule has 0 aliphatic heterocycles. The lowest BCUT2D eigenvalue weighted by atomic mass is 10.5. The maximum Gasteiger partial charge on any atom is 0.158 e. The van der Waals surface area contributed by atoms with E-state index in [1.54, 1.807) is 6.08 Å². The minimum Gasteiger partial charge on any atom is -0.365 e. The van der Waals surface area contributed by atoms with Gasteiger partial charge in [0, 0.05) is 6.54 Å². The van der Waals surface area contributed by atoms with Gasteiger partial charge in [0.25, 0.3) is 0 Å². The SMILES string of the molecule is C=CCNc1cnc(C#N)cn1. The Bertz CT molecular complexity index is 296. The van der Waals surface area contributed by atoms with Crippen LogP contribution in [0.3, 0.4) is 0 Å². The van der Waals surface area contributed by atoms with Gasteiger partial charge in [-0.15, -0.1) is 6.58 Å². The molecular formula is C8H8N4. The van der Waals surface area contributed by atoms with Crippen molar-refractivity contribution in [3.05, 3.63) is 30.7 Å². The molecule has 1 N–H and O–H groups in total. The van der Waals surface area contributed by atoms with Crippen molar-refractivity contribution < 1.29 is 0 Å². The highest BCUT2D eigenvalue weighted by atomic mass is 15.0. The van der Waals surface area contributed by atoms with Gasteiger partial charge >= 0.3 is 0 Å². The van der Waals surface area contributed by atoms with Crippen molar-refractivity contribution in [3.8, 4) is 6.07 Å². The Labute approximate surface area is 70.6 Å². The maximum absolute atomic E-state index is 8.42. The topological polar surface area (TPSA) is 61.6 Å². The number of nitrogens with zero attached hydrogens (tertiary/aromatic N) is 3. The van der Waals surface area contributed by atoms with Crippen LogP contribution in [0.2, 0.25) is 0 Å². The number of nitriles is 1. The summed E-state index contributed by atoms with van der Waals surface area (Å²) < 4.78 is 0. The van der Waals surface area contributed by atoms with E-state index in [0.717, 1.165) is 0 Å². The fraction of sp³-hybridized carbons (Fsp3) is 0.125. The molecule has 1 heterocycles. The lowest BCUT2D eigenvalue weighted by Crippen LogP contribution is -2.00. The standard InChI is InChI=1S/C8H8N4/c1-2-3-10-8-6-11-7(4-9)5-12-8/h2,5-6H,1,3H2,(H,10,12). The quantitative estimate of drug-likeness (QED) is 0.668. The molecular weight excluding hydrogens is 152 g/mol. The summed E-state index contributed by atoms with van der Waals surface area (Å²) in [6, 6.07) is 1.89. The van der Waals surface area contributed by atoms with E-state index in [-0.39, 0.29) is 0 Å².